The number of nitrogens with two attached hydrogens (primary N) is 1. The lowest BCUT2D eigenvalue weighted by Crippen LogP contribution is -2.60. The molecule has 0 aliphatic heterocycles. The maximum Gasteiger partial charge on any atom is 0.262 e. The van der Waals surface area contributed by atoms with Gasteiger partial charge in [-0.1, -0.05) is 35.9 Å². The van der Waals surface area contributed by atoms with Gasteiger partial charge in [0.05, 0.1) is 0 Å². The van der Waals surface area contributed by atoms with Gasteiger partial charge in [0.1, 0.15) is 0 Å². The zero-order valence-corrected chi connectivity index (χ0v) is 8.67. The van der Waals surface area contributed by atoms with Crippen LogP contribution >= 0.6 is 34.8 Å². The molecule has 0 unspecified atom stereocenters. The van der Waals surface area contributed by atoms with E-state index >= 15 is 0 Å². The standard InChI is InChI=1S/C4H9I.CH4N2S/c1-2-3-4-5;2-1(3)4/h2-4H2,1H3;(H4,2,3,4)/p+1. The first-order chi connectivity index (χ1) is 4.15. The fourth-order valence-electron chi connectivity index (χ4n) is 0.134. The molecular weight excluding hydrogens is 247 g/mol. The SMILES string of the molecule is CCCCI.NC([NH3+])=S. The van der Waals surface area contributed by atoms with Gasteiger partial charge in [0.25, 0.3) is 5.11 Å². The van der Waals surface area contributed by atoms with Crippen molar-refractivity contribution in [1.82, 2.24) is 0 Å². The molecule has 0 fully saturated rings. The molecule has 0 saturated heterocycles. The van der Waals surface area contributed by atoms with E-state index < -0.39 is 0 Å². The molecule has 0 rings (SSSR count). The highest BCUT2D eigenvalue weighted by atomic mass is 127. The van der Waals surface area contributed by atoms with Crippen LogP contribution in [-0.4, -0.2) is 9.54 Å². The van der Waals surface area contributed by atoms with E-state index in [1.165, 1.54) is 17.3 Å². The molecule has 0 saturated carbocycles. The third-order valence-electron chi connectivity index (χ3n) is 0.487. The molecule has 0 bridgehead atoms. The third kappa shape index (κ3) is 55.8. The maximum atomic E-state index is 4.73. The molecule has 0 spiro atoms. The molecule has 4 heteroatoms. The van der Waals surface area contributed by atoms with Gasteiger partial charge >= 0.3 is 0 Å². The predicted octanol–water partition coefficient (Wildman–Crippen LogP) is 0.693. The van der Waals surface area contributed by atoms with Crippen LogP contribution in [0, 0.1) is 0 Å². The summed E-state index contributed by atoms with van der Waals surface area (Å²) in [7, 11) is 0. The lowest BCUT2D eigenvalue weighted by atomic mass is 10.4. The van der Waals surface area contributed by atoms with Gasteiger partial charge in [-0.3, -0.25) is 0 Å². The van der Waals surface area contributed by atoms with Crippen molar-refractivity contribution in [2.45, 2.75) is 19.8 Å². The minimum atomic E-state index is 0.250. The van der Waals surface area contributed by atoms with Gasteiger partial charge in [0.2, 0.25) is 0 Å². The fourth-order valence-corrected chi connectivity index (χ4v) is 0.896. The normalized spacial score (nSPS) is 7.44. The van der Waals surface area contributed by atoms with E-state index in [9.17, 15) is 0 Å². The summed E-state index contributed by atoms with van der Waals surface area (Å²) in [4.78, 5) is 0. The van der Waals surface area contributed by atoms with E-state index in [0.717, 1.165) is 0 Å². The Balaban J connectivity index is 0. The second-order valence-corrected chi connectivity index (χ2v) is 3.11. The number of hydrogen-bond acceptors (Lipinski definition) is 1. The van der Waals surface area contributed by atoms with Crippen LogP contribution in [0.1, 0.15) is 19.8 Å². The Morgan fingerprint density at radius 2 is 2.11 bits per heavy atom. The van der Waals surface area contributed by atoms with E-state index in [4.69, 9.17) is 5.73 Å². The van der Waals surface area contributed by atoms with E-state index in [-0.39, 0.29) is 5.11 Å². The van der Waals surface area contributed by atoms with Crippen molar-refractivity contribution in [2.75, 3.05) is 4.43 Å². The van der Waals surface area contributed by atoms with Gasteiger partial charge in [-0.15, -0.1) is 0 Å². The highest BCUT2D eigenvalue weighted by molar-refractivity contribution is 14.1. The van der Waals surface area contributed by atoms with Crippen LogP contribution < -0.4 is 11.5 Å². The number of halogens is 1. The summed E-state index contributed by atoms with van der Waals surface area (Å²) in [5.74, 6) is 0. The van der Waals surface area contributed by atoms with Crippen LogP contribution in [0.15, 0.2) is 0 Å². The zero-order chi connectivity index (χ0) is 7.70. The van der Waals surface area contributed by atoms with Crippen LogP contribution in [0.25, 0.3) is 0 Å². The number of unbranched alkanes of at least 4 members (excludes halogenated alkanes) is 1. The van der Waals surface area contributed by atoms with Gasteiger partial charge in [-0.2, -0.15) is 0 Å². The van der Waals surface area contributed by atoms with Gasteiger partial charge in [0.15, 0.2) is 0 Å². The minimum Gasteiger partial charge on any atom is -0.345 e. The van der Waals surface area contributed by atoms with Crippen molar-refractivity contribution in [3.05, 3.63) is 0 Å². The number of quaternary nitrogens is 1. The van der Waals surface area contributed by atoms with Crippen molar-refractivity contribution in [3.8, 4) is 0 Å². The largest absolute Gasteiger partial charge is 0.345 e. The van der Waals surface area contributed by atoms with E-state index in [1.54, 1.807) is 0 Å². The second-order valence-electron chi connectivity index (χ2n) is 1.51. The summed E-state index contributed by atoms with van der Waals surface area (Å²) in [5.41, 5.74) is 7.88. The first kappa shape index (κ1) is 12.3. The Kier molecular flexibility index (Phi) is 15.5. The Hall–Kier alpha value is 0.580. The van der Waals surface area contributed by atoms with Crippen LogP contribution in [0.3, 0.4) is 0 Å². The van der Waals surface area contributed by atoms with E-state index in [0.29, 0.717) is 0 Å². The first-order valence-corrected chi connectivity index (χ1v) is 4.75. The molecule has 0 aromatic carbocycles. The molecule has 0 aromatic heterocycles. The topological polar surface area (TPSA) is 53.7 Å². The van der Waals surface area contributed by atoms with Crippen molar-refractivity contribution in [3.63, 3.8) is 0 Å². The van der Waals surface area contributed by atoms with Crippen molar-refractivity contribution >= 4 is 39.9 Å². The molecule has 0 atom stereocenters. The van der Waals surface area contributed by atoms with Gasteiger partial charge in [0, 0.05) is 12.2 Å². The number of rotatable bonds is 2. The Bertz CT molecular complexity index is 62.0. The number of hydrogen-bond donors (Lipinski definition) is 2. The molecular formula is C5H14IN2S+. The highest BCUT2D eigenvalue weighted by Gasteiger charge is 1.69. The fraction of sp³-hybridized carbons (Fsp3) is 0.800. The predicted molar refractivity (Wildman–Crippen MR) is 53.5 cm³/mol. The minimum absolute atomic E-state index is 0.250. The monoisotopic (exact) mass is 261 g/mol. The Morgan fingerprint density at radius 1 is 1.78 bits per heavy atom. The van der Waals surface area contributed by atoms with E-state index in [1.807, 2.05) is 0 Å². The lowest BCUT2D eigenvalue weighted by molar-refractivity contribution is -0.210. The molecule has 0 radical (unpaired) electrons. The van der Waals surface area contributed by atoms with E-state index in [2.05, 4.69) is 47.5 Å². The smallest absolute Gasteiger partial charge is 0.262 e. The van der Waals surface area contributed by atoms with Crippen LogP contribution in [0.2, 0.25) is 0 Å². The van der Waals surface area contributed by atoms with Crippen molar-refractivity contribution < 1.29 is 5.73 Å². The van der Waals surface area contributed by atoms with Crippen molar-refractivity contribution in [1.29, 1.82) is 0 Å². The van der Waals surface area contributed by atoms with Gasteiger partial charge in [-0.25, -0.2) is 0 Å². The number of thiocarbonyl (C=S) groups is 1. The Morgan fingerprint density at radius 3 is 2.11 bits per heavy atom. The van der Waals surface area contributed by atoms with Crippen LogP contribution in [0.5, 0.6) is 0 Å². The average molecular weight is 261 g/mol. The Labute approximate surface area is 75.5 Å². The summed E-state index contributed by atoms with van der Waals surface area (Å²) >= 11 is 6.59. The quantitative estimate of drug-likeness (QED) is 0.436. The molecule has 0 heterocycles. The molecule has 0 aliphatic rings. The molecule has 56 valence electrons. The molecule has 0 aliphatic carbocycles. The average Bonchev–Trinajstić information content (AvgIpc) is 1.66. The molecule has 9 heavy (non-hydrogen) atoms. The summed E-state index contributed by atoms with van der Waals surface area (Å²) < 4.78 is 1.31. The maximum absolute atomic E-state index is 4.73. The third-order valence-corrected chi connectivity index (χ3v) is 1.25. The molecule has 0 aromatic rings. The molecule has 0 amide bonds. The van der Waals surface area contributed by atoms with Crippen LogP contribution in [-0.2, 0) is 0 Å². The highest BCUT2D eigenvalue weighted by Crippen LogP contribution is 1.90. The first-order valence-electron chi connectivity index (χ1n) is 2.82. The van der Waals surface area contributed by atoms with Crippen LogP contribution in [0.4, 0.5) is 0 Å². The van der Waals surface area contributed by atoms with Gasteiger partial charge in [-0.05, 0) is 10.8 Å². The van der Waals surface area contributed by atoms with Gasteiger partial charge < -0.3 is 11.5 Å². The van der Waals surface area contributed by atoms with Crippen molar-refractivity contribution in [2.24, 2.45) is 5.73 Å². The summed E-state index contributed by atoms with van der Waals surface area (Å²) in [6.07, 6.45) is 2.71. The summed E-state index contributed by atoms with van der Waals surface area (Å²) in [6, 6.07) is 0. The molecule has 5 N–H and O–H groups in total. The lowest BCUT2D eigenvalue weighted by Gasteiger charge is -1.77. The summed E-state index contributed by atoms with van der Waals surface area (Å²) in [6.45, 7) is 2.21. The zero-order valence-electron chi connectivity index (χ0n) is 5.69. The molecule has 2 nitrogen and oxygen atoms in total. The number of alkyl halides is 1. The summed E-state index contributed by atoms with van der Waals surface area (Å²) in [5, 5.41) is 0.250. The second kappa shape index (κ2) is 11.4.